The third-order valence-electron chi connectivity index (χ3n) is 5.20. The van der Waals surface area contributed by atoms with Gasteiger partial charge >= 0.3 is 0 Å². The fourth-order valence-electron chi connectivity index (χ4n) is 3.58. The van der Waals surface area contributed by atoms with Gasteiger partial charge in [0.05, 0.1) is 16.6 Å². The van der Waals surface area contributed by atoms with E-state index in [1.54, 1.807) is 48.7 Å². The minimum atomic E-state index is -0.365. The third kappa shape index (κ3) is 3.73. The van der Waals surface area contributed by atoms with Gasteiger partial charge in [0.25, 0.3) is 5.56 Å². The summed E-state index contributed by atoms with van der Waals surface area (Å²) in [4.78, 5) is 22.5. The van der Waals surface area contributed by atoms with Crippen LogP contribution in [0.25, 0.3) is 28.3 Å². The molecule has 0 N–H and O–H groups in total. The molecular weight excluding hydrogens is 438 g/mol. The van der Waals surface area contributed by atoms with Crippen LogP contribution in [-0.4, -0.2) is 18.9 Å². The second kappa shape index (κ2) is 8.26. The molecule has 0 unspecified atom stereocenters. The first-order valence-electron chi connectivity index (χ1n) is 10.0. The second-order valence-corrected chi connectivity index (χ2v) is 7.71. The first-order valence-corrected chi connectivity index (χ1v) is 10.4. The molecule has 0 atom stereocenters. The summed E-state index contributed by atoms with van der Waals surface area (Å²) < 4.78 is 9.18. The van der Waals surface area contributed by atoms with E-state index in [-0.39, 0.29) is 22.6 Å². The van der Waals surface area contributed by atoms with E-state index >= 15 is 0 Å². The van der Waals surface area contributed by atoms with Gasteiger partial charge in [0, 0.05) is 18.3 Å². The Hall–Kier alpha value is -4.41. The normalized spacial score (nSPS) is 11.6. The van der Waals surface area contributed by atoms with Crippen molar-refractivity contribution in [3.63, 3.8) is 0 Å². The van der Waals surface area contributed by atoms with Crippen molar-refractivity contribution in [3.05, 3.63) is 99.7 Å². The summed E-state index contributed by atoms with van der Waals surface area (Å²) in [5.74, 6) is 0.983. The molecular formula is C25H16ClN5O2. The number of aryl methyl sites for hydroxylation is 1. The van der Waals surface area contributed by atoms with E-state index in [2.05, 4.69) is 16.0 Å². The van der Waals surface area contributed by atoms with Crippen molar-refractivity contribution in [1.29, 1.82) is 5.26 Å². The van der Waals surface area contributed by atoms with Crippen molar-refractivity contribution in [3.8, 4) is 17.7 Å². The molecule has 33 heavy (non-hydrogen) atoms. The Balaban J connectivity index is 1.72. The summed E-state index contributed by atoms with van der Waals surface area (Å²) in [5, 5.41) is 10.5. The van der Waals surface area contributed by atoms with Gasteiger partial charge in [-0.3, -0.25) is 9.20 Å². The van der Waals surface area contributed by atoms with Crippen LogP contribution in [0.4, 0.5) is 0 Å². The Morgan fingerprint density at radius 3 is 2.58 bits per heavy atom. The first kappa shape index (κ1) is 20.5. The van der Waals surface area contributed by atoms with Crippen LogP contribution in [0.15, 0.2) is 77.7 Å². The van der Waals surface area contributed by atoms with Crippen LogP contribution in [0.3, 0.4) is 0 Å². The summed E-state index contributed by atoms with van der Waals surface area (Å²) in [6.45, 7) is 0. The quantitative estimate of drug-likeness (QED) is 0.354. The lowest BCUT2D eigenvalue weighted by Crippen LogP contribution is -2.18. The van der Waals surface area contributed by atoms with Gasteiger partial charge in [-0.15, -0.1) is 0 Å². The molecule has 0 radical (unpaired) electrons. The Bertz CT molecular complexity index is 1640. The molecule has 2 aromatic carbocycles. The lowest BCUT2D eigenvalue weighted by Gasteiger charge is -2.10. The van der Waals surface area contributed by atoms with Gasteiger partial charge in [-0.1, -0.05) is 29.8 Å². The Morgan fingerprint density at radius 2 is 1.82 bits per heavy atom. The van der Waals surface area contributed by atoms with Crippen LogP contribution in [0.5, 0.6) is 11.6 Å². The van der Waals surface area contributed by atoms with Crippen molar-refractivity contribution in [1.82, 2.24) is 18.9 Å². The zero-order chi connectivity index (χ0) is 22.9. The van der Waals surface area contributed by atoms with Gasteiger partial charge in [-0.25, -0.2) is 4.98 Å². The number of fused-ring (bicyclic) bond motifs is 2. The Kier molecular flexibility index (Phi) is 5.13. The van der Waals surface area contributed by atoms with Crippen molar-refractivity contribution in [2.45, 2.75) is 0 Å². The van der Waals surface area contributed by atoms with Gasteiger partial charge in [0.15, 0.2) is 5.82 Å². The van der Waals surface area contributed by atoms with E-state index < -0.39 is 0 Å². The molecule has 0 aliphatic rings. The fourth-order valence-corrected chi connectivity index (χ4v) is 3.70. The number of allylic oxidation sites excluding steroid dienone is 1. The smallest absolute Gasteiger partial charge is 0.269 e. The predicted octanol–water partition coefficient (Wildman–Crippen LogP) is 5.09. The van der Waals surface area contributed by atoms with Crippen molar-refractivity contribution in [2.24, 2.45) is 7.05 Å². The molecule has 0 bridgehead atoms. The maximum Gasteiger partial charge on any atom is 0.269 e. The highest BCUT2D eigenvalue weighted by Crippen LogP contribution is 2.27. The van der Waals surface area contributed by atoms with E-state index in [1.807, 2.05) is 35.9 Å². The molecule has 5 rings (SSSR count). The lowest BCUT2D eigenvalue weighted by atomic mass is 10.1. The number of ether oxygens (including phenoxy) is 1. The fraction of sp³-hybridized carbons (Fsp3) is 0.0400. The van der Waals surface area contributed by atoms with Gasteiger partial charge in [0.1, 0.15) is 23.0 Å². The van der Waals surface area contributed by atoms with Crippen molar-refractivity contribution in [2.75, 3.05) is 0 Å². The van der Waals surface area contributed by atoms with E-state index in [4.69, 9.17) is 16.3 Å². The zero-order valence-corrected chi connectivity index (χ0v) is 18.2. The van der Waals surface area contributed by atoms with Crippen LogP contribution >= 0.6 is 11.6 Å². The molecule has 0 fully saturated rings. The molecule has 0 amide bonds. The number of rotatable bonds is 4. The molecule has 0 saturated heterocycles. The molecule has 0 spiro atoms. The van der Waals surface area contributed by atoms with Crippen LogP contribution in [-0.2, 0) is 7.05 Å². The molecule has 3 heterocycles. The number of para-hydroxylation sites is 2. The number of hydrogen-bond donors (Lipinski definition) is 0. The number of aromatic nitrogens is 4. The number of benzene rings is 2. The Morgan fingerprint density at radius 1 is 1.06 bits per heavy atom. The molecule has 0 aliphatic heterocycles. The minimum Gasteiger partial charge on any atom is -0.438 e. The van der Waals surface area contributed by atoms with Crippen LogP contribution < -0.4 is 10.3 Å². The monoisotopic (exact) mass is 453 g/mol. The van der Waals surface area contributed by atoms with E-state index in [0.29, 0.717) is 22.2 Å². The largest absolute Gasteiger partial charge is 0.438 e. The highest BCUT2D eigenvalue weighted by atomic mass is 35.5. The van der Waals surface area contributed by atoms with Crippen molar-refractivity contribution < 1.29 is 4.74 Å². The molecule has 0 saturated carbocycles. The molecule has 0 aliphatic carbocycles. The number of nitrogens with zero attached hydrogens (tertiary/aromatic N) is 5. The predicted molar refractivity (Wildman–Crippen MR) is 127 cm³/mol. The Labute approximate surface area is 193 Å². The van der Waals surface area contributed by atoms with Gasteiger partial charge < -0.3 is 9.30 Å². The van der Waals surface area contributed by atoms with Gasteiger partial charge in [-0.05, 0) is 54.6 Å². The topological polar surface area (TPSA) is 85.2 Å². The highest BCUT2D eigenvalue weighted by Gasteiger charge is 2.18. The molecule has 7 nitrogen and oxygen atoms in total. The van der Waals surface area contributed by atoms with E-state index in [1.165, 1.54) is 10.5 Å². The first-order chi connectivity index (χ1) is 16.0. The standard InChI is InChI=1S/C25H16ClN5O2/c1-30-21-7-3-2-6-20(21)28-23(30)16(15-27)14-19-24(33-18-11-9-17(26)10-12-18)29-22-8-4-5-13-31(22)25(19)32/h2-14H,1H3. The highest BCUT2D eigenvalue weighted by molar-refractivity contribution is 6.30. The second-order valence-electron chi connectivity index (χ2n) is 7.27. The molecule has 5 aromatic rings. The van der Waals surface area contributed by atoms with E-state index in [0.717, 1.165) is 11.0 Å². The number of nitriles is 1. The van der Waals surface area contributed by atoms with Crippen molar-refractivity contribution >= 4 is 39.9 Å². The third-order valence-corrected chi connectivity index (χ3v) is 5.45. The number of hydrogen-bond acceptors (Lipinski definition) is 5. The van der Waals surface area contributed by atoms with Crippen LogP contribution in [0, 0.1) is 11.3 Å². The molecule has 160 valence electrons. The zero-order valence-electron chi connectivity index (χ0n) is 17.4. The molecule has 3 aromatic heterocycles. The van der Waals surface area contributed by atoms with Crippen LogP contribution in [0.1, 0.15) is 11.4 Å². The summed E-state index contributed by atoms with van der Waals surface area (Å²) in [6.07, 6.45) is 3.09. The number of pyridine rings is 1. The summed E-state index contributed by atoms with van der Waals surface area (Å²) in [7, 11) is 1.83. The summed E-state index contributed by atoms with van der Waals surface area (Å²) in [6, 6.07) is 21.7. The lowest BCUT2D eigenvalue weighted by molar-refractivity contribution is 0.461. The van der Waals surface area contributed by atoms with E-state index in [9.17, 15) is 10.1 Å². The average Bonchev–Trinajstić information content (AvgIpc) is 3.17. The number of imidazole rings is 1. The average molecular weight is 454 g/mol. The number of halogens is 1. The minimum absolute atomic E-state index is 0.0834. The maximum absolute atomic E-state index is 13.4. The van der Waals surface area contributed by atoms with Crippen LogP contribution in [0.2, 0.25) is 5.02 Å². The maximum atomic E-state index is 13.4. The van der Waals surface area contributed by atoms with Gasteiger partial charge in [-0.2, -0.15) is 10.2 Å². The SMILES string of the molecule is Cn1c(C(C#N)=Cc2c(Oc3ccc(Cl)cc3)nc3ccccn3c2=O)nc2ccccc21. The summed E-state index contributed by atoms with van der Waals surface area (Å²) >= 11 is 5.97. The summed E-state index contributed by atoms with van der Waals surface area (Å²) in [5.41, 5.74) is 2.03. The van der Waals surface area contributed by atoms with Gasteiger partial charge in [0.2, 0.25) is 5.88 Å². The molecule has 8 heteroatoms.